The standard InChI is InChI=1S/C16H11NO5S/c18-10-12-6-2-4-8-15(12)23(21,22)17-13-7-3-1-5-11(13)9-14(17)16(19)20/h1-10H,(H,19,20). The molecule has 0 amide bonds. The Balaban J connectivity index is 2.41. The fraction of sp³-hybridized carbons (Fsp3) is 0. The van der Waals surface area contributed by atoms with Crippen molar-refractivity contribution in [3.8, 4) is 0 Å². The Morgan fingerprint density at radius 3 is 2.39 bits per heavy atom. The number of benzene rings is 2. The number of carbonyl (C=O) groups is 2. The molecule has 0 saturated carbocycles. The van der Waals surface area contributed by atoms with Gasteiger partial charge in [-0.15, -0.1) is 0 Å². The van der Waals surface area contributed by atoms with Gasteiger partial charge in [0.05, 0.1) is 10.4 Å². The molecule has 0 aliphatic carbocycles. The summed E-state index contributed by atoms with van der Waals surface area (Å²) in [6.45, 7) is 0. The van der Waals surface area contributed by atoms with Crippen LogP contribution in [-0.4, -0.2) is 29.8 Å². The van der Waals surface area contributed by atoms with Gasteiger partial charge >= 0.3 is 5.97 Å². The van der Waals surface area contributed by atoms with E-state index in [1.807, 2.05) is 0 Å². The second-order valence-corrected chi connectivity index (χ2v) is 6.57. The van der Waals surface area contributed by atoms with E-state index < -0.39 is 16.0 Å². The van der Waals surface area contributed by atoms with Crippen molar-refractivity contribution in [2.24, 2.45) is 0 Å². The molecule has 0 radical (unpaired) electrons. The van der Waals surface area contributed by atoms with Gasteiger partial charge in [0.2, 0.25) is 0 Å². The molecule has 0 aliphatic heterocycles. The third-order valence-corrected chi connectivity index (χ3v) is 5.25. The topological polar surface area (TPSA) is 93.4 Å². The number of aromatic nitrogens is 1. The molecule has 3 aromatic rings. The lowest BCUT2D eigenvalue weighted by atomic mass is 10.2. The maximum absolute atomic E-state index is 13.0. The van der Waals surface area contributed by atoms with Gasteiger partial charge in [0.25, 0.3) is 10.0 Å². The molecule has 1 heterocycles. The largest absolute Gasteiger partial charge is 0.477 e. The monoisotopic (exact) mass is 329 g/mol. The molecule has 23 heavy (non-hydrogen) atoms. The average Bonchev–Trinajstić information content (AvgIpc) is 2.95. The lowest BCUT2D eigenvalue weighted by Crippen LogP contribution is -2.19. The first-order chi connectivity index (χ1) is 11.0. The highest BCUT2D eigenvalue weighted by Gasteiger charge is 2.27. The zero-order valence-corrected chi connectivity index (χ0v) is 12.5. The lowest BCUT2D eigenvalue weighted by molar-refractivity contribution is 0.0689. The second-order valence-electron chi connectivity index (χ2n) is 4.82. The quantitative estimate of drug-likeness (QED) is 0.742. The van der Waals surface area contributed by atoms with E-state index in [9.17, 15) is 23.1 Å². The molecule has 0 bridgehead atoms. The van der Waals surface area contributed by atoms with E-state index in [4.69, 9.17) is 0 Å². The average molecular weight is 329 g/mol. The van der Waals surface area contributed by atoms with E-state index >= 15 is 0 Å². The van der Waals surface area contributed by atoms with Crippen molar-refractivity contribution in [1.82, 2.24) is 3.97 Å². The van der Waals surface area contributed by atoms with Crippen LogP contribution >= 0.6 is 0 Å². The van der Waals surface area contributed by atoms with Crippen molar-refractivity contribution in [1.29, 1.82) is 0 Å². The summed E-state index contributed by atoms with van der Waals surface area (Å²) in [5.41, 5.74) is -0.167. The summed E-state index contributed by atoms with van der Waals surface area (Å²) in [5, 5.41) is 9.83. The predicted molar refractivity (Wildman–Crippen MR) is 83.3 cm³/mol. The van der Waals surface area contributed by atoms with Gasteiger partial charge in [-0.1, -0.05) is 36.4 Å². The van der Waals surface area contributed by atoms with E-state index in [-0.39, 0.29) is 21.7 Å². The third-order valence-electron chi connectivity index (χ3n) is 3.45. The van der Waals surface area contributed by atoms with Gasteiger partial charge in [-0.05, 0) is 18.2 Å². The Kier molecular flexibility index (Phi) is 3.49. The molecule has 0 atom stereocenters. The number of carboxylic acids is 1. The van der Waals surface area contributed by atoms with Gasteiger partial charge in [0, 0.05) is 10.9 Å². The van der Waals surface area contributed by atoms with Crippen LogP contribution < -0.4 is 0 Å². The SMILES string of the molecule is O=Cc1ccccc1S(=O)(=O)n1c(C(=O)O)cc2ccccc21. The van der Waals surface area contributed by atoms with E-state index in [0.717, 1.165) is 3.97 Å². The molecule has 116 valence electrons. The number of rotatable bonds is 4. The lowest BCUT2D eigenvalue weighted by Gasteiger charge is -2.11. The van der Waals surface area contributed by atoms with Crippen molar-refractivity contribution in [2.45, 2.75) is 4.90 Å². The van der Waals surface area contributed by atoms with Crippen LogP contribution in [-0.2, 0) is 10.0 Å². The Bertz CT molecular complexity index is 1030. The van der Waals surface area contributed by atoms with Crippen LogP contribution in [0, 0.1) is 0 Å². The molecule has 0 saturated heterocycles. The van der Waals surface area contributed by atoms with Crippen LogP contribution in [0.25, 0.3) is 10.9 Å². The second kappa shape index (κ2) is 5.36. The fourth-order valence-electron chi connectivity index (χ4n) is 2.45. The highest BCUT2D eigenvalue weighted by molar-refractivity contribution is 7.90. The first-order valence-corrected chi connectivity index (χ1v) is 8.04. The molecule has 7 heteroatoms. The third kappa shape index (κ3) is 2.31. The van der Waals surface area contributed by atoms with E-state index in [2.05, 4.69) is 0 Å². The maximum atomic E-state index is 13.0. The number of fused-ring (bicyclic) bond motifs is 1. The summed E-state index contributed by atoms with van der Waals surface area (Å²) in [6.07, 6.45) is 0.430. The Hall–Kier alpha value is -2.93. The minimum atomic E-state index is -4.24. The summed E-state index contributed by atoms with van der Waals surface area (Å²) in [4.78, 5) is 22.4. The van der Waals surface area contributed by atoms with Gasteiger partial charge in [-0.25, -0.2) is 17.2 Å². The van der Waals surface area contributed by atoms with Crippen LogP contribution in [0.4, 0.5) is 0 Å². The molecule has 3 rings (SSSR count). The van der Waals surface area contributed by atoms with Crippen LogP contribution in [0.15, 0.2) is 59.5 Å². The van der Waals surface area contributed by atoms with Crippen molar-refractivity contribution in [3.05, 3.63) is 65.9 Å². The Morgan fingerprint density at radius 2 is 1.70 bits per heavy atom. The van der Waals surface area contributed by atoms with Gasteiger partial charge < -0.3 is 5.11 Å². The number of aldehydes is 1. The zero-order valence-electron chi connectivity index (χ0n) is 11.7. The highest BCUT2D eigenvalue weighted by atomic mass is 32.2. The maximum Gasteiger partial charge on any atom is 0.353 e. The van der Waals surface area contributed by atoms with Crippen LogP contribution in [0.5, 0.6) is 0 Å². The number of aromatic carboxylic acids is 1. The number of carbonyl (C=O) groups excluding carboxylic acids is 1. The van der Waals surface area contributed by atoms with Crippen LogP contribution in [0.1, 0.15) is 20.8 Å². The summed E-state index contributed by atoms with van der Waals surface area (Å²) in [5.74, 6) is -1.37. The summed E-state index contributed by atoms with van der Waals surface area (Å²) >= 11 is 0. The first kappa shape index (κ1) is 15.0. The normalized spacial score (nSPS) is 11.5. The molecule has 0 aliphatic rings. The van der Waals surface area contributed by atoms with Crippen LogP contribution in [0.3, 0.4) is 0 Å². The first-order valence-electron chi connectivity index (χ1n) is 6.60. The molecule has 0 unspecified atom stereocenters. The minimum absolute atomic E-state index is 0.0263. The molecule has 1 aromatic heterocycles. The number of nitrogens with zero attached hydrogens (tertiary/aromatic N) is 1. The van der Waals surface area contributed by atoms with Gasteiger partial charge in [0.15, 0.2) is 6.29 Å². The highest BCUT2D eigenvalue weighted by Crippen LogP contribution is 2.27. The predicted octanol–water partition coefficient (Wildman–Crippen LogP) is 2.39. The summed E-state index contributed by atoms with van der Waals surface area (Å²) in [6, 6.07) is 13.4. The Labute approximate surface area is 131 Å². The number of carboxylic acid groups (broad SMARTS) is 1. The minimum Gasteiger partial charge on any atom is -0.477 e. The summed E-state index contributed by atoms with van der Waals surface area (Å²) in [7, 11) is -4.24. The van der Waals surface area contributed by atoms with E-state index in [1.54, 1.807) is 18.2 Å². The fourth-order valence-corrected chi connectivity index (χ4v) is 4.13. The number of para-hydroxylation sites is 1. The smallest absolute Gasteiger partial charge is 0.353 e. The molecule has 0 spiro atoms. The number of hydrogen-bond donors (Lipinski definition) is 1. The van der Waals surface area contributed by atoms with Crippen molar-refractivity contribution < 1.29 is 23.1 Å². The molecule has 0 fully saturated rings. The van der Waals surface area contributed by atoms with Gasteiger partial charge in [0.1, 0.15) is 5.69 Å². The molecule has 6 nitrogen and oxygen atoms in total. The zero-order chi connectivity index (χ0) is 16.6. The molecule has 1 N–H and O–H groups in total. The molecular weight excluding hydrogens is 318 g/mol. The van der Waals surface area contributed by atoms with Crippen molar-refractivity contribution in [2.75, 3.05) is 0 Å². The molecule has 2 aromatic carbocycles. The molecular formula is C16H11NO5S. The number of hydrogen-bond acceptors (Lipinski definition) is 4. The van der Waals surface area contributed by atoms with Crippen molar-refractivity contribution in [3.63, 3.8) is 0 Å². The van der Waals surface area contributed by atoms with Crippen LogP contribution in [0.2, 0.25) is 0 Å². The van der Waals surface area contributed by atoms with Crippen molar-refractivity contribution >= 4 is 33.2 Å². The summed E-state index contributed by atoms with van der Waals surface area (Å²) < 4.78 is 26.7. The Morgan fingerprint density at radius 1 is 1.04 bits per heavy atom. The van der Waals surface area contributed by atoms with E-state index in [1.165, 1.54) is 36.4 Å². The van der Waals surface area contributed by atoms with Gasteiger partial charge in [-0.3, -0.25) is 4.79 Å². The van der Waals surface area contributed by atoms with Gasteiger partial charge in [-0.2, -0.15) is 0 Å². The van der Waals surface area contributed by atoms with E-state index in [0.29, 0.717) is 11.7 Å².